The van der Waals surface area contributed by atoms with E-state index in [0.717, 1.165) is 21.3 Å². The van der Waals surface area contributed by atoms with Crippen LogP contribution in [0.25, 0.3) is 0 Å². The maximum atomic E-state index is 12.6. The van der Waals surface area contributed by atoms with Crippen molar-refractivity contribution < 1.29 is 13.2 Å². The molecule has 0 aliphatic heterocycles. The molecule has 0 heterocycles. The topological polar surface area (TPSA) is 75.3 Å². The molecule has 0 aromatic heterocycles. The van der Waals surface area contributed by atoms with Crippen LogP contribution in [0.4, 0.5) is 5.69 Å². The second-order valence-corrected chi connectivity index (χ2v) is 9.58. The van der Waals surface area contributed by atoms with E-state index in [0.29, 0.717) is 12.8 Å². The van der Waals surface area contributed by atoms with Gasteiger partial charge in [-0.15, -0.1) is 0 Å². The average Bonchev–Trinajstić information content (AvgIpc) is 2.74. The SMILES string of the molecule is C[C@@H](NS(=O)(=O)c1ccc(CCC(=O)Nc2ccc(Br)cc2)cc1)c1ccccc1. The quantitative estimate of drug-likeness (QED) is 0.467. The van der Waals surface area contributed by atoms with E-state index in [4.69, 9.17) is 0 Å². The van der Waals surface area contributed by atoms with Crippen LogP contribution < -0.4 is 10.0 Å². The van der Waals surface area contributed by atoms with E-state index < -0.39 is 10.0 Å². The van der Waals surface area contributed by atoms with Crippen LogP contribution in [0.1, 0.15) is 30.5 Å². The number of anilines is 1. The van der Waals surface area contributed by atoms with Gasteiger partial charge in [0.25, 0.3) is 0 Å². The van der Waals surface area contributed by atoms with Gasteiger partial charge in [0, 0.05) is 22.6 Å². The molecule has 2 N–H and O–H groups in total. The molecule has 0 saturated heterocycles. The lowest BCUT2D eigenvalue weighted by Crippen LogP contribution is -2.26. The van der Waals surface area contributed by atoms with Gasteiger partial charge in [0.2, 0.25) is 15.9 Å². The lowest BCUT2D eigenvalue weighted by Gasteiger charge is -2.15. The number of benzene rings is 3. The van der Waals surface area contributed by atoms with Crippen LogP contribution in [0.5, 0.6) is 0 Å². The molecule has 1 amide bonds. The number of amides is 1. The summed E-state index contributed by atoms with van der Waals surface area (Å²) in [5.74, 6) is -0.0904. The number of halogens is 1. The summed E-state index contributed by atoms with van der Waals surface area (Å²) >= 11 is 3.36. The highest BCUT2D eigenvalue weighted by molar-refractivity contribution is 9.10. The number of hydrogen-bond donors (Lipinski definition) is 2. The largest absolute Gasteiger partial charge is 0.326 e. The molecular weight excluding hydrogens is 464 g/mol. The van der Waals surface area contributed by atoms with Gasteiger partial charge in [-0.25, -0.2) is 13.1 Å². The molecule has 5 nitrogen and oxygen atoms in total. The van der Waals surface area contributed by atoms with E-state index >= 15 is 0 Å². The third kappa shape index (κ3) is 6.26. The molecule has 7 heteroatoms. The Balaban J connectivity index is 1.56. The van der Waals surface area contributed by atoms with Crippen molar-refractivity contribution in [3.63, 3.8) is 0 Å². The number of aryl methyl sites for hydroxylation is 1. The van der Waals surface area contributed by atoms with Crippen molar-refractivity contribution in [2.24, 2.45) is 0 Å². The Morgan fingerprint density at radius 3 is 2.20 bits per heavy atom. The van der Waals surface area contributed by atoms with Crippen LogP contribution >= 0.6 is 15.9 Å². The molecule has 156 valence electrons. The number of rotatable bonds is 8. The van der Waals surface area contributed by atoms with Crippen molar-refractivity contribution in [1.29, 1.82) is 0 Å². The summed E-state index contributed by atoms with van der Waals surface area (Å²) in [7, 11) is -3.63. The molecule has 3 aromatic rings. The molecule has 0 aliphatic carbocycles. The number of nitrogens with one attached hydrogen (secondary N) is 2. The molecule has 0 aliphatic rings. The van der Waals surface area contributed by atoms with Crippen molar-refractivity contribution in [3.8, 4) is 0 Å². The van der Waals surface area contributed by atoms with Crippen LogP contribution in [0.3, 0.4) is 0 Å². The number of sulfonamides is 1. The summed E-state index contributed by atoms with van der Waals surface area (Å²) in [5.41, 5.74) is 2.54. The lowest BCUT2D eigenvalue weighted by atomic mass is 10.1. The van der Waals surface area contributed by atoms with Gasteiger partial charge in [-0.3, -0.25) is 4.79 Å². The van der Waals surface area contributed by atoms with Gasteiger partial charge in [0.15, 0.2) is 0 Å². The van der Waals surface area contributed by atoms with Gasteiger partial charge in [0.1, 0.15) is 0 Å². The van der Waals surface area contributed by atoms with E-state index in [1.807, 2.05) is 61.5 Å². The molecular formula is C23H23BrN2O3S. The number of carbonyl (C=O) groups is 1. The molecule has 0 fully saturated rings. The Labute approximate surface area is 185 Å². The predicted octanol–water partition coefficient (Wildman–Crippen LogP) is 5.06. The number of hydrogen-bond acceptors (Lipinski definition) is 3. The van der Waals surface area contributed by atoms with E-state index in [9.17, 15) is 13.2 Å². The molecule has 1 atom stereocenters. The van der Waals surface area contributed by atoms with Crippen molar-refractivity contribution in [3.05, 3.63) is 94.5 Å². The van der Waals surface area contributed by atoms with Crippen LogP contribution in [0, 0.1) is 0 Å². The standard InChI is InChI=1S/C23H23BrN2O3S/c1-17(19-5-3-2-4-6-19)26-30(28,29)22-14-7-18(8-15-22)9-16-23(27)25-21-12-10-20(24)11-13-21/h2-8,10-15,17,26H,9,16H2,1H3,(H,25,27)/t17-/m1/s1. The second kappa shape index (κ2) is 10.0. The Hall–Kier alpha value is -2.48. The highest BCUT2D eigenvalue weighted by Crippen LogP contribution is 2.18. The average molecular weight is 487 g/mol. The highest BCUT2D eigenvalue weighted by atomic mass is 79.9. The molecule has 0 unspecified atom stereocenters. The molecule has 30 heavy (non-hydrogen) atoms. The van der Waals surface area contributed by atoms with Gasteiger partial charge in [-0.2, -0.15) is 0 Å². The van der Waals surface area contributed by atoms with E-state index in [1.165, 1.54) is 0 Å². The van der Waals surface area contributed by atoms with Crippen LogP contribution in [0.2, 0.25) is 0 Å². The minimum absolute atomic E-state index is 0.0904. The summed E-state index contributed by atoms with van der Waals surface area (Å²) in [6.07, 6.45) is 0.835. The zero-order valence-corrected chi connectivity index (χ0v) is 18.9. The van der Waals surface area contributed by atoms with Crippen LogP contribution in [-0.4, -0.2) is 14.3 Å². The fourth-order valence-corrected chi connectivity index (χ4v) is 4.46. The maximum absolute atomic E-state index is 12.6. The summed E-state index contributed by atoms with van der Waals surface area (Å²) < 4.78 is 28.9. The molecule has 0 bridgehead atoms. The Morgan fingerprint density at radius 2 is 1.57 bits per heavy atom. The molecule has 0 saturated carbocycles. The van der Waals surface area contributed by atoms with Gasteiger partial charge in [-0.05, 0) is 60.9 Å². The summed E-state index contributed by atoms with van der Waals surface area (Å²) in [4.78, 5) is 12.3. The van der Waals surface area contributed by atoms with E-state index in [-0.39, 0.29) is 16.8 Å². The molecule has 3 aromatic carbocycles. The fraction of sp³-hybridized carbons (Fsp3) is 0.174. The normalized spacial score (nSPS) is 12.3. The maximum Gasteiger partial charge on any atom is 0.241 e. The molecule has 0 radical (unpaired) electrons. The molecule has 3 rings (SSSR count). The van der Waals surface area contributed by atoms with Gasteiger partial charge >= 0.3 is 0 Å². The third-order valence-electron chi connectivity index (χ3n) is 4.63. The summed E-state index contributed by atoms with van der Waals surface area (Å²) in [5, 5.41) is 2.85. The first-order valence-electron chi connectivity index (χ1n) is 9.55. The van der Waals surface area contributed by atoms with Crippen LogP contribution in [0.15, 0.2) is 88.2 Å². The van der Waals surface area contributed by atoms with Crippen molar-refractivity contribution in [1.82, 2.24) is 4.72 Å². The minimum atomic E-state index is -3.63. The third-order valence-corrected chi connectivity index (χ3v) is 6.72. The van der Waals surface area contributed by atoms with Crippen molar-refractivity contribution >= 4 is 37.5 Å². The smallest absolute Gasteiger partial charge is 0.241 e. The monoisotopic (exact) mass is 486 g/mol. The predicted molar refractivity (Wildman–Crippen MR) is 123 cm³/mol. The number of carbonyl (C=O) groups excluding carboxylic acids is 1. The lowest BCUT2D eigenvalue weighted by molar-refractivity contribution is -0.116. The van der Waals surface area contributed by atoms with Gasteiger partial charge in [-0.1, -0.05) is 58.4 Å². The van der Waals surface area contributed by atoms with Gasteiger partial charge in [0.05, 0.1) is 4.90 Å². The summed E-state index contributed by atoms with van der Waals surface area (Å²) in [6, 6.07) is 23.1. The van der Waals surface area contributed by atoms with Crippen molar-refractivity contribution in [2.45, 2.75) is 30.7 Å². The minimum Gasteiger partial charge on any atom is -0.326 e. The first-order chi connectivity index (χ1) is 14.3. The Kier molecular flexibility index (Phi) is 7.42. The first kappa shape index (κ1) is 22.2. The Bertz CT molecular complexity index is 1080. The second-order valence-electron chi connectivity index (χ2n) is 6.95. The zero-order chi connectivity index (χ0) is 21.6. The van der Waals surface area contributed by atoms with E-state index in [1.54, 1.807) is 24.3 Å². The fourth-order valence-electron chi connectivity index (χ4n) is 2.96. The molecule has 0 spiro atoms. The first-order valence-corrected chi connectivity index (χ1v) is 11.8. The van der Waals surface area contributed by atoms with Crippen LogP contribution in [-0.2, 0) is 21.2 Å². The van der Waals surface area contributed by atoms with Gasteiger partial charge < -0.3 is 5.32 Å². The highest BCUT2D eigenvalue weighted by Gasteiger charge is 2.18. The van der Waals surface area contributed by atoms with E-state index in [2.05, 4.69) is 26.0 Å². The van der Waals surface area contributed by atoms with Crippen molar-refractivity contribution in [2.75, 3.05) is 5.32 Å². The Morgan fingerprint density at radius 1 is 0.933 bits per heavy atom. The summed E-state index contributed by atoms with van der Waals surface area (Å²) in [6.45, 7) is 1.81. The zero-order valence-electron chi connectivity index (χ0n) is 16.5.